The lowest BCUT2D eigenvalue weighted by atomic mass is 9.98. The van der Waals surface area contributed by atoms with E-state index in [1.807, 2.05) is 0 Å². The van der Waals surface area contributed by atoms with Crippen LogP contribution in [0.15, 0.2) is 18.2 Å². The van der Waals surface area contributed by atoms with Gasteiger partial charge >= 0.3 is 0 Å². The molecule has 0 aliphatic carbocycles. The normalized spacial score (nSPS) is 27.3. The predicted molar refractivity (Wildman–Crippen MR) is 90.1 cm³/mol. The third-order valence-electron chi connectivity index (χ3n) is 5.53. The van der Waals surface area contributed by atoms with Gasteiger partial charge in [0, 0.05) is 44.5 Å². The maximum Gasteiger partial charge on any atom is 0.0399 e. The topological polar surface area (TPSA) is 18.5 Å². The number of aryl methyl sites for hydroxylation is 1. The first-order valence-corrected chi connectivity index (χ1v) is 8.46. The van der Waals surface area contributed by atoms with E-state index in [1.165, 1.54) is 49.4 Å². The highest BCUT2D eigenvalue weighted by Gasteiger charge is 2.32. The van der Waals surface area contributed by atoms with Gasteiger partial charge in [-0.1, -0.05) is 25.5 Å². The lowest BCUT2D eigenvalue weighted by molar-refractivity contribution is 0.160. The van der Waals surface area contributed by atoms with Crippen LogP contribution in [0.25, 0.3) is 0 Å². The lowest BCUT2D eigenvalue weighted by Crippen LogP contribution is -2.52. The number of anilines is 1. The molecule has 2 aliphatic rings. The number of nitrogens with zero attached hydrogens (tertiary/aromatic N) is 2. The quantitative estimate of drug-likeness (QED) is 0.921. The van der Waals surface area contributed by atoms with E-state index in [0.717, 1.165) is 25.0 Å². The third kappa shape index (κ3) is 2.95. The van der Waals surface area contributed by atoms with Crippen molar-refractivity contribution in [3.05, 3.63) is 29.3 Å². The Balaban J connectivity index is 1.64. The summed E-state index contributed by atoms with van der Waals surface area (Å²) in [7, 11) is 0. The van der Waals surface area contributed by atoms with Gasteiger partial charge in [-0.2, -0.15) is 0 Å². The van der Waals surface area contributed by atoms with Gasteiger partial charge < -0.3 is 10.2 Å². The van der Waals surface area contributed by atoms with Gasteiger partial charge in [-0.3, -0.25) is 4.90 Å². The Kier molecular flexibility index (Phi) is 4.51. The number of nitrogens with one attached hydrogen (secondary N) is 1. The average molecular weight is 287 g/mol. The molecule has 2 atom stereocenters. The molecule has 3 nitrogen and oxygen atoms in total. The van der Waals surface area contributed by atoms with Gasteiger partial charge in [0.2, 0.25) is 0 Å². The van der Waals surface area contributed by atoms with E-state index >= 15 is 0 Å². The van der Waals surface area contributed by atoms with Gasteiger partial charge in [-0.05, 0) is 43.5 Å². The van der Waals surface area contributed by atoms with Crippen LogP contribution in [-0.4, -0.2) is 50.2 Å². The summed E-state index contributed by atoms with van der Waals surface area (Å²) in [5.41, 5.74) is 4.28. The summed E-state index contributed by atoms with van der Waals surface area (Å²) in [6.07, 6.45) is 1.30. The Hall–Kier alpha value is -1.06. The second-order valence-corrected chi connectivity index (χ2v) is 6.64. The van der Waals surface area contributed by atoms with Crippen LogP contribution in [0.5, 0.6) is 0 Å². The van der Waals surface area contributed by atoms with Crippen molar-refractivity contribution in [2.24, 2.45) is 5.92 Å². The molecule has 0 radical (unpaired) electrons. The summed E-state index contributed by atoms with van der Waals surface area (Å²) < 4.78 is 0. The second kappa shape index (κ2) is 6.37. The fraction of sp³-hybridized carbons (Fsp3) is 0.667. The maximum atomic E-state index is 3.57. The molecule has 2 aliphatic heterocycles. The molecule has 0 bridgehead atoms. The van der Waals surface area contributed by atoms with Crippen molar-refractivity contribution in [1.82, 2.24) is 10.2 Å². The zero-order valence-electron chi connectivity index (χ0n) is 13.7. The van der Waals surface area contributed by atoms with E-state index in [-0.39, 0.29) is 0 Å². The van der Waals surface area contributed by atoms with Gasteiger partial charge in [0.05, 0.1) is 0 Å². The van der Waals surface area contributed by atoms with E-state index in [1.54, 1.807) is 0 Å². The second-order valence-electron chi connectivity index (χ2n) is 6.64. The number of hydrogen-bond donors (Lipinski definition) is 1. The Morgan fingerprint density at radius 1 is 1.10 bits per heavy atom. The Morgan fingerprint density at radius 3 is 2.57 bits per heavy atom. The van der Waals surface area contributed by atoms with Gasteiger partial charge in [0.25, 0.3) is 0 Å². The maximum absolute atomic E-state index is 3.57. The molecule has 3 heteroatoms. The van der Waals surface area contributed by atoms with Crippen molar-refractivity contribution in [2.75, 3.05) is 44.2 Å². The summed E-state index contributed by atoms with van der Waals surface area (Å²) in [6.45, 7) is 13.9. The minimum Gasteiger partial charge on any atom is -0.369 e. The first-order valence-electron chi connectivity index (χ1n) is 8.46. The number of piperazine rings is 1. The number of hydrogen-bond acceptors (Lipinski definition) is 3. The van der Waals surface area contributed by atoms with Gasteiger partial charge in [0.1, 0.15) is 0 Å². The van der Waals surface area contributed by atoms with E-state index in [2.05, 4.69) is 54.1 Å². The minimum atomic E-state index is 0.760. The van der Waals surface area contributed by atoms with Crippen LogP contribution in [0.2, 0.25) is 0 Å². The molecule has 0 aromatic heterocycles. The van der Waals surface area contributed by atoms with Gasteiger partial charge in [-0.25, -0.2) is 0 Å². The van der Waals surface area contributed by atoms with Crippen LogP contribution < -0.4 is 10.2 Å². The Bertz CT molecular complexity index is 477. The van der Waals surface area contributed by atoms with Crippen LogP contribution in [-0.2, 0) is 0 Å². The van der Waals surface area contributed by atoms with Crippen molar-refractivity contribution in [1.29, 1.82) is 0 Å². The molecule has 116 valence electrons. The summed E-state index contributed by atoms with van der Waals surface area (Å²) in [4.78, 5) is 5.29. The predicted octanol–water partition coefficient (Wildman–Crippen LogP) is 2.42. The molecule has 3 rings (SSSR count). The SMILES string of the molecule is CCC1CNCC1N1CCN(c2cccc(C)c2C)CC1. The van der Waals surface area contributed by atoms with E-state index in [0.29, 0.717) is 0 Å². The fourth-order valence-corrected chi connectivity index (χ4v) is 3.94. The van der Waals surface area contributed by atoms with E-state index in [4.69, 9.17) is 0 Å². The van der Waals surface area contributed by atoms with Crippen molar-refractivity contribution >= 4 is 5.69 Å². The monoisotopic (exact) mass is 287 g/mol. The number of rotatable bonds is 3. The van der Waals surface area contributed by atoms with Crippen molar-refractivity contribution in [3.63, 3.8) is 0 Å². The molecule has 0 spiro atoms. The molecule has 1 N–H and O–H groups in total. The van der Waals surface area contributed by atoms with E-state index < -0.39 is 0 Å². The van der Waals surface area contributed by atoms with Gasteiger partial charge in [0.15, 0.2) is 0 Å². The minimum absolute atomic E-state index is 0.760. The molecule has 21 heavy (non-hydrogen) atoms. The lowest BCUT2D eigenvalue weighted by Gasteiger charge is -2.41. The smallest absolute Gasteiger partial charge is 0.0399 e. The molecule has 2 heterocycles. The highest BCUT2D eigenvalue weighted by Crippen LogP contribution is 2.26. The molecule has 1 aromatic carbocycles. The fourth-order valence-electron chi connectivity index (χ4n) is 3.94. The Labute approximate surface area is 129 Å². The van der Waals surface area contributed by atoms with Gasteiger partial charge in [-0.15, -0.1) is 0 Å². The van der Waals surface area contributed by atoms with Crippen LogP contribution in [0.4, 0.5) is 5.69 Å². The first-order chi connectivity index (χ1) is 10.2. The van der Waals surface area contributed by atoms with Crippen molar-refractivity contribution < 1.29 is 0 Å². The molecule has 1 aromatic rings. The summed E-state index contributed by atoms with van der Waals surface area (Å²) >= 11 is 0. The molecule has 0 saturated carbocycles. The zero-order valence-corrected chi connectivity index (χ0v) is 13.7. The highest BCUT2D eigenvalue weighted by molar-refractivity contribution is 5.56. The van der Waals surface area contributed by atoms with Crippen LogP contribution in [0.1, 0.15) is 24.5 Å². The summed E-state index contributed by atoms with van der Waals surface area (Å²) in [5.74, 6) is 0.845. The highest BCUT2D eigenvalue weighted by atomic mass is 15.3. The van der Waals surface area contributed by atoms with Crippen LogP contribution in [0, 0.1) is 19.8 Å². The Morgan fingerprint density at radius 2 is 1.86 bits per heavy atom. The summed E-state index contributed by atoms with van der Waals surface area (Å²) in [5, 5.41) is 3.57. The molecule has 2 unspecified atom stereocenters. The molecular formula is C18H29N3. The molecular weight excluding hydrogens is 258 g/mol. The van der Waals surface area contributed by atoms with Crippen molar-refractivity contribution in [3.8, 4) is 0 Å². The summed E-state index contributed by atoms with van der Waals surface area (Å²) in [6, 6.07) is 7.45. The molecule has 0 amide bonds. The van der Waals surface area contributed by atoms with Crippen LogP contribution in [0.3, 0.4) is 0 Å². The average Bonchev–Trinajstić information content (AvgIpc) is 2.99. The third-order valence-corrected chi connectivity index (χ3v) is 5.53. The standard InChI is InChI=1S/C18H29N3/c1-4-16-12-19-13-18(16)21-10-8-20(9-11-21)17-7-5-6-14(2)15(17)3/h5-7,16,18-19H,4,8-13H2,1-3H3. The van der Waals surface area contributed by atoms with Crippen LogP contribution >= 0.6 is 0 Å². The van der Waals surface area contributed by atoms with E-state index in [9.17, 15) is 0 Å². The molecule has 2 saturated heterocycles. The zero-order chi connectivity index (χ0) is 14.8. The molecule has 2 fully saturated rings. The largest absolute Gasteiger partial charge is 0.369 e. The first kappa shape index (κ1) is 14.9. The van der Waals surface area contributed by atoms with Crippen molar-refractivity contribution in [2.45, 2.75) is 33.2 Å². The number of benzene rings is 1.